The first-order chi connectivity index (χ1) is 9.96. The molecule has 0 saturated carbocycles. The lowest BCUT2D eigenvalue weighted by Crippen LogP contribution is -2.38. The molecule has 0 bridgehead atoms. The summed E-state index contributed by atoms with van der Waals surface area (Å²) in [6, 6.07) is 6.87. The highest BCUT2D eigenvalue weighted by atomic mass is 16.2. The summed E-state index contributed by atoms with van der Waals surface area (Å²) in [6.07, 6.45) is 0.591. The molecule has 1 fully saturated rings. The van der Waals surface area contributed by atoms with Crippen LogP contribution in [0.1, 0.15) is 29.3 Å². The molecule has 1 aliphatic heterocycles. The Kier molecular flexibility index (Phi) is 4.29. The molecule has 1 atom stereocenters. The van der Waals surface area contributed by atoms with Crippen molar-refractivity contribution < 1.29 is 14.7 Å². The number of aliphatic hydroxyl groups excluding tert-OH is 1. The number of benzene rings is 1. The van der Waals surface area contributed by atoms with E-state index in [0.29, 0.717) is 25.1 Å². The number of amides is 2. The highest BCUT2D eigenvalue weighted by molar-refractivity contribution is 5.95. The van der Waals surface area contributed by atoms with Gasteiger partial charge in [0.2, 0.25) is 5.91 Å². The molecule has 5 nitrogen and oxygen atoms in total. The second-order valence-electron chi connectivity index (χ2n) is 5.44. The lowest BCUT2D eigenvalue weighted by Gasteiger charge is -2.21. The monoisotopic (exact) mass is 286 g/mol. The molecule has 110 valence electrons. The van der Waals surface area contributed by atoms with Crippen LogP contribution in [0.3, 0.4) is 0 Å². The molecule has 2 rings (SSSR count). The number of hydrogen-bond acceptors (Lipinski definition) is 3. The molecule has 1 aromatic carbocycles. The van der Waals surface area contributed by atoms with Gasteiger partial charge in [0.25, 0.3) is 5.91 Å². The molecule has 0 aromatic heterocycles. The van der Waals surface area contributed by atoms with E-state index < -0.39 is 5.41 Å². The van der Waals surface area contributed by atoms with Gasteiger partial charge < -0.3 is 15.7 Å². The minimum Gasteiger partial charge on any atom is -0.384 e. The molecule has 0 aliphatic carbocycles. The Morgan fingerprint density at radius 3 is 2.57 bits per heavy atom. The fraction of sp³-hybridized carbons (Fsp3) is 0.375. The van der Waals surface area contributed by atoms with Crippen LogP contribution in [0.5, 0.6) is 0 Å². The first kappa shape index (κ1) is 15.1. The van der Waals surface area contributed by atoms with E-state index in [4.69, 9.17) is 10.8 Å². The zero-order valence-corrected chi connectivity index (χ0v) is 11.9. The molecular weight excluding hydrogens is 268 g/mol. The largest absolute Gasteiger partial charge is 0.384 e. The van der Waals surface area contributed by atoms with Crippen molar-refractivity contribution >= 4 is 11.8 Å². The third kappa shape index (κ3) is 3.23. The van der Waals surface area contributed by atoms with Gasteiger partial charge in [-0.1, -0.05) is 11.8 Å². The van der Waals surface area contributed by atoms with Crippen molar-refractivity contribution in [2.45, 2.75) is 13.3 Å². The molecule has 2 amide bonds. The van der Waals surface area contributed by atoms with Crippen molar-refractivity contribution in [1.82, 2.24) is 4.90 Å². The van der Waals surface area contributed by atoms with Crippen LogP contribution in [0.2, 0.25) is 0 Å². The van der Waals surface area contributed by atoms with Gasteiger partial charge in [0.05, 0.1) is 5.41 Å². The highest BCUT2D eigenvalue weighted by Crippen LogP contribution is 2.30. The lowest BCUT2D eigenvalue weighted by atomic mass is 9.89. The standard InChI is InChI=1S/C16H18N2O3/c1-16(15(17)21)8-9-18(11-16)14(20)13-6-4-12(5-7-13)3-2-10-19/h4-7,19H,8-11H2,1H3,(H2,17,21). The van der Waals surface area contributed by atoms with Crippen LogP contribution < -0.4 is 5.73 Å². The van der Waals surface area contributed by atoms with Crippen molar-refractivity contribution in [2.75, 3.05) is 19.7 Å². The number of primary amides is 1. The quantitative estimate of drug-likeness (QED) is 0.770. The van der Waals surface area contributed by atoms with E-state index in [1.165, 1.54) is 0 Å². The molecule has 1 heterocycles. The summed E-state index contributed by atoms with van der Waals surface area (Å²) < 4.78 is 0. The Hall–Kier alpha value is -2.32. The molecule has 21 heavy (non-hydrogen) atoms. The van der Waals surface area contributed by atoms with Crippen molar-refractivity contribution in [3.63, 3.8) is 0 Å². The summed E-state index contributed by atoms with van der Waals surface area (Å²) >= 11 is 0. The third-order valence-electron chi connectivity index (χ3n) is 3.80. The van der Waals surface area contributed by atoms with Crippen LogP contribution in [-0.4, -0.2) is 41.5 Å². The Bertz CT molecular complexity index is 613. The minimum atomic E-state index is -0.637. The number of carbonyl (C=O) groups excluding carboxylic acids is 2. The fourth-order valence-corrected chi connectivity index (χ4v) is 2.36. The number of nitrogens with zero attached hydrogens (tertiary/aromatic N) is 1. The lowest BCUT2D eigenvalue weighted by molar-refractivity contribution is -0.126. The van der Waals surface area contributed by atoms with Crippen LogP contribution in [-0.2, 0) is 4.79 Å². The molecule has 1 aromatic rings. The second-order valence-corrected chi connectivity index (χ2v) is 5.44. The maximum Gasteiger partial charge on any atom is 0.253 e. The van der Waals surface area contributed by atoms with Crippen molar-refractivity contribution in [2.24, 2.45) is 11.1 Å². The summed E-state index contributed by atoms with van der Waals surface area (Å²) in [4.78, 5) is 25.5. The van der Waals surface area contributed by atoms with Gasteiger partial charge in [-0.15, -0.1) is 0 Å². The van der Waals surface area contributed by atoms with Crippen LogP contribution in [0, 0.1) is 17.3 Å². The van der Waals surface area contributed by atoms with Gasteiger partial charge >= 0.3 is 0 Å². The van der Waals surface area contributed by atoms with E-state index >= 15 is 0 Å². The van der Waals surface area contributed by atoms with Crippen LogP contribution >= 0.6 is 0 Å². The zero-order chi connectivity index (χ0) is 15.5. The fourth-order valence-electron chi connectivity index (χ4n) is 2.36. The summed E-state index contributed by atoms with van der Waals surface area (Å²) in [7, 11) is 0. The van der Waals surface area contributed by atoms with Crippen LogP contribution in [0.25, 0.3) is 0 Å². The van der Waals surface area contributed by atoms with E-state index in [1.807, 2.05) is 0 Å². The molecule has 1 aliphatic rings. The van der Waals surface area contributed by atoms with Gasteiger partial charge in [0.15, 0.2) is 0 Å². The number of aliphatic hydroxyl groups is 1. The SMILES string of the molecule is CC1(C(N)=O)CCN(C(=O)c2ccc(C#CCO)cc2)C1. The van der Waals surface area contributed by atoms with Crippen molar-refractivity contribution in [1.29, 1.82) is 0 Å². The van der Waals surface area contributed by atoms with Crippen LogP contribution in [0.4, 0.5) is 0 Å². The summed E-state index contributed by atoms with van der Waals surface area (Å²) in [5.41, 5.74) is 6.04. The first-order valence-corrected chi connectivity index (χ1v) is 6.75. The third-order valence-corrected chi connectivity index (χ3v) is 3.80. The normalized spacial score (nSPS) is 20.8. The van der Waals surface area contributed by atoms with Gasteiger partial charge in [-0.25, -0.2) is 0 Å². The Balaban J connectivity index is 2.09. The summed E-state index contributed by atoms with van der Waals surface area (Å²) in [6.45, 7) is 2.48. The number of rotatable bonds is 2. The summed E-state index contributed by atoms with van der Waals surface area (Å²) in [5, 5.41) is 8.64. The average Bonchev–Trinajstić information content (AvgIpc) is 2.89. The summed E-state index contributed by atoms with van der Waals surface area (Å²) in [5.74, 6) is 4.84. The van der Waals surface area contributed by atoms with Gasteiger partial charge in [-0.3, -0.25) is 9.59 Å². The van der Waals surface area contributed by atoms with E-state index in [1.54, 1.807) is 36.1 Å². The maximum absolute atomic E-state index is 12.4. The topological polar surface area (TPSA) is 83.6 Å². The predicted octanol–water partition coefficient (Wildman–Crippen LogP) is 0.368. The first-order valence-electron chi connectivity index (χ1n) is 6.75. The van der Waals surface area contributed by atoms with E-state index in [0.717, 1.165) is 5.56 Å². The molecule has 3 N–H and O–H groups in total. The number of likely N-dealkylation sites (tertiary alicyclic amines) is 1. The number of carbonyl (C=O) groups is 2. The number of hydrogen-bond donors (Lipinski definition) is 2. The molecular formula is C16H18N2O3. The Morgan fingerprint density at radius 2 is 2.05 bits per heavy atom. The molecule has 0 spiro atoms. The van der Waals surface area contributed by atoms with E-state index in [9.17, 15) is 9.59 Å². The van der Waals surface area contributed by atoms with Gasteiger partial charge in [-0.05, 0) is 37.6 Å². The molecule has 0 radical (unpaired) electrons. The van der Waals surface area contributed by atoms with Gasteiger partial charge in [0.1, 0.15) is 6.61 Å². The second kappa shape index (κ2) is 5.98. The molecule has 1 saturated heterocycles. The molecule has 1 unspecified atom stereocenters. The minimum absolute atomic E-state index is 0.110. The van der Waals surface area contributed by atoms with E-state index in [-0.39, 0.29) is 18.4 Å². The Morgan fingerprint density at radius 1 is 1.38 bits per heavy atom. The smallest absolute Gasteiger partial charge is 0.253 e. The average molecular weight is 286 g/mol. The van der Waals surface area contributed by atoms with E-state index in [2.05, 4.69) is 11.8 Å². The Labute approximate surface area is 123 Å². The van der Waals surface area contributed by atoms with Crippen molar-refractivity contribution in [3.8, 4) is 11.8 Å². The van der Waals surface area contributed by atoms with Crippen LogP contribution in [0.15, 0.2) is 24.3 Å². The van der Waals surface area contributed by atoms with Gasteiger partial charge in [0, 0.05) is 24.2 Å². The van der Waals surface area contributed by atoms with Gasteiger partial charge in [-0.2, -0.15) is 0 Å². The molecule has 5 heteroatoms. The number of nitrogens with two attached hydrogens (primary N) is 1. The predicted molar refractivity (Wildman–Crippen MR) is 78.2 cm³/mol. The maximum atomic E-state index is 12.4. The van der Waals surface area contributed by atoms with Crippen molar-refractivity contribution in [3.05, 3.63) is 35.4 Å². The zero-order valence-electron chi connectivity index (χ0n) is 11.9. The highest BCUT2D eigenvalue weighted by Gasteiger charge is 2.40.